The Bertz CT molecular complexity index is 409. The molecule has 1 aliphatic heterocycles. The molecule has 0 spiro atoms. The van der Waals surface area contributed by atoms with Crippen molar-refractivity contribution in [3.05, 3.63) is 35.4 Å². The van der Waals surface area contributed by atoms with E-state index in [0.717, 1.165) is 38.5 Å². The average Bonchev–Trinajstić information content (AvgIpc) is 2.40. The second-order valence-corrected chi connectivity index (χ2v) is 4.68. The van der Waals surface area contributed by atoms with Gasteiger partial charge in [-0.2, -0.15) is 0 Å². The predicted molar refractivity (Wildman–Crippen MR) is 76.1 cm³/mol. The standard InChI is InChI=1S/C15H22N2O/c1-13-12-14(5-6-15(13)18-2)4-3-9-17-10-7-16-8-11-17/h3-6,12,16H,7-11H2,1-2H3/b4-3+. The molecule has 98 valence electrons. The number of piperazine rings is 1. The molecule has 1 fully saturated rings. The van der Waals surface area contributed by atoms with Crippen molar-refractivity contribution >= 4 is 6.08 Å². The smallest absolute Gasteiger partial charge is 0.121 e. The van der Waals surface area contributed by atoms with E-state index < -0.39 is 0 Å². The average molecular weight is 246 g/mol. The molecule has 0 atom stereocenters. The first-order valence-electron chi connectivity index (χ1n) is 6.54. The van der Waals surface area contributed by atoms with Crippen LogP contribution in [-0.4, -0.2) is 44.7 Å². The van der Waals surface area contributed by atoms with Crippen LogP contribution in [0.3, 0.4) is 0 Å². The van der Waals surface area contributed by atoms with Crippen LogP contribution in [0.5, 0.6) is 5.75 Å². The van der Waals surface area contributed by atoms with E-state index in [4.69, 9.17) is 4.74 Å². The molecule has 1 N–H and O–H groups in total. The lowest BCUT2D eigenvalue weighted by molar-refractivity contribution is 0.265. The summed E-state index contributed by atoms with van der Waals surface area (Å²) < 4.78 is 5.26. The molecule has 1 heterocycles. The molecule has 1 aromatic rings. The van der Waals surface area contributed by atoms with Crippen LogP contribution in [-0.2, 0) is 0 Å². The highest BCUT2D eigenvalue weighted by Crippen LogP contribution is 2.19. The Morgan fingerprint density at radius 3 is 2.78 bits per heavy atom. The van der Waals surface area contributed by atoms with Gasteiger partial charge in [-0.15, -0.1) is 0 Å². The third-order valence-corrected chi connectivity index (χ3v) is 3.30. The van der Waals surface area contributed by atoms with Gasteiger partial charge in [-0.25, -0.2) is 0 Å². The molecule has 18 heavy (non-hydrogen) atoms. The summed E-state index contributed by atoms with van der Waals surface area (Å²) >= 11 is 0. The number of ether oxygens (including phenoxy) is 1. The summed E-state index contributed by atoms with van der Waals surface area (Å²) in [6.07, 6.45) is 4.43. The zero-order valence-corrected chi connectivity index (χ0v) is 11.3. The van der Waals surface area contributed by atoms with Gasteiger partial charge in [-0.1, -0.05) is 18.2 Å². The van der Waals surface area contributed by atoms with Crippen molar-refractivity contribution in [2.24, 2.45) is 0 Å². The van der Waals surface area contributed by atoms with E-state index in [1.807, 2.05) is 6.07 Å². The Kier molecular flexibility index (Phi) is 4.79. The van der Waals surface area contributed by atoms with Crippen LogP contribution in [0.15, 0.2) is 24.3 Å². The van der Waals surface area contributed by atoms with Gasteiger partial charge in [0.2, 0.25) is 0 Å². The first-order valence-corrected chi connectivity index (χ1v) is 6.54. The Morgan fingerprint density at radius 2 is 2.11 bits per heavy atom. The van der Waals surface area contributed by atoms with Crippen molar-refractivity contribution in [3.8, 4) is 5.75 Å². The zero-order valence-electron chi connectivity index (χ0n) is 11.3. The topological polar surface area (TPSA) is 24.5 Å². The van der Waals surface area contributed by atoms with Gasteiger partial charge in [0.25, 0.3) is 0 Å². The summed E-state index contributed by atoms with van der Waals surface area (Å²) in [6.45, 7) is 7.61. The normalized spacial score (nSPS) is 17.2. The molecule has 0 unspecified atom stereocenters. The molecule has 0 aliphatic carbocycles. The fraction of sp³-hybridized carbons (Fsp3) is 0.467. The third kappa shape index (κ3) is 3.59. The molecule has 3 nitrogen and oxygen atoms in total. The fourth-order valence-electron chi connectivity index (χ4n) is 2.24. The quantitative estimate of drug-likeness (QED) is 0.878. The van der Waals surface area contributed by atoms with E-state index in [9.17, 15) is 0 Å². The summed E-state index contributed by atoms with van der Waals surface area (Å²) in [5, 5.41) is 3.36. The number of hydrogen-bond donors (Lipinski definition) is 1. The summed E-state index contributed by atoms with van der Waals surface area (Å²) in [7, 11) is 1.71. The van der Waals surface area contributed by atoms with Crippen LogP contribution in [0.4, 0.5) is 0 Å². The van der Waals surface area contributed by atoms with Gasteiger partial charge in [-0.05, 0) is 30.2 Å². The van der Waals surface area contributed by atoms with E-state index in [2.05, 4.69) is 41.4 Å². The highest BCUT2D eigenvalue weighted by Gasteiger charge is 2.06. The highest BCUT2D eigenvalue weighted by atomic mass is 16.5. The fourth-order valence-corrected chi connectivity index (χ4v) is 2.24. The largest absolute Gasteiger partial charge is 0.496 e. The van der Waals surface area contributed by atoms with Crippen LogP contribution < -0.4 is 10.1 Å². The number of methoxy groups -OCH3 is 1. The number of benzene rings is 1. The van der Waals surface area contributed by atoms with E-state index in [1.54, 1.807) is 7.11 Å². The molecule has 1 saturated heterocycles. The van der Waals surface area contributed by atoms with Gasteiger partial charge in [0.1, 0.15) is 5.75 Å². The second-order valence-electron chi connectivity index (χ2n) is 4.68. The van der Waals surface area contributed by atoms with Crippen LogP contribution >= 0.6 is 0 Å². The molecule has 0 aromatic heterocycles. The van der Waals surface area contributed by atoms with Crippen LogP contribution in [0.25, 0.3) is 6.08 Å². The van der Waals surface area contributed by atoms with Crippen LogP contribution in [0, 0.1) is 6.92 Å². The lowest BCUT2D eigenvalue weighted by atomic mass is 10.1. The minimum atomic E-state index is 0.953. The van der Waals surface area contributed by atoms with Crippen molar-refractivity contribution in [2.45, 2.75) is 6.92 Å². The minimum absolute atomic E-state index is 0.953. The number of hydrogen-bond acceptors (Lipinski definition) is 3. The molecule has 0 amide bonds. The van der Waals surface area contributed by atoms with E-state index in [-0.39, 0.29) is 0 Å². The van der Waals surface area contributed by atoms with Crippen molar-refractivity contribution in [1.29, 1.82) is 0 Å². The van der Waals surface area contributed by atoms with Crippen molar-refractivity contribution in [2.75, 3.05) is 39.8 Å². The Labute approximate surface area is 109 Å². The van der Waals surface area contributed by atoms with Gasteiger partial charge in [0.05, 0.1) is 7.11 Å². The third-order valence-electron chi connectivity index (χ3n) is 3.30. The number of nitrogens with zero attached hydrogens (tertiary/aromatic N) is 1. The van der Waals surface area contributed by atoms with Crippen LogP contribution in [0.2, 0.25) is 0 Å². The van der Waals surface area contributed by atoms with Crippen molar-refractivity contribution < 1.29 is 4.74 Å². The Morgan fingerprint density at radius 1 is 1.33 bits per heavy atom. The summed E-state index contributed by atoms with van der Waals surface area (Å²) in [5.74, 6) is 0.953. The van der Waals surface area contributed by atoms with Gasteiger partial charge in [0.15, 0.2) is 0 Å². The number of nitrogens with one attached hydrogen (secondary N) is 1. The van der Waals surface area contributed by atoms with E-state index >= 15 is 0 Å². The second kappa shape index (κ2) is 6.57. The molecule has 0 bridgehead atoms. The van der Waals surface area contributed by atoms with E-state index in [0.29, 0.717) is 0 Å². The molecule has 1 aromatic carbocycles. The maximum atomic E-state index is 5.26. The van der Waals surface area contributed by atoms with Crippen molar-refractivity contribution in [1.82, 2.24) is 10.2 Å². The predicted octanol–water partition coefficient (Wildman–Crippen LogP) is 1.92. The number of aryl methyl sites for hydroxylation is 1. The van der Waals surface area contributed by atoms with Gasteiger partial charge in [-0.3, -0.25) is 4.90 Å². The van der Waals surface area contributed by atoms with Gasteiger partial charge >= 0.3 is 0 Å². The Balaban J connectivity index is 1.90. The summed E-state index contributed by atoms with van der Waals surface area (Å²) in [4.78, 5) is 2.46. The van der Waals surface area contributed by atoms with Gasteiger partial charge in [0, 0.05) is 32.7 Å². The molecule has 1 aliphatic rings. The molecular weight excluding hydrogens is 224 g/mol. The van der Waals surface area contributed by atoms with Gasteiger partial charge < -0.3 is 10.1 Å². The van der Waals surface area contributed by atoms with E-state index in [1.165, 1.54) is 11.1 Å². The Hall–Kier alpha value is -1.32. The summed E-state index contributed by atoms with van der Waals surface area (Å²) in [6, 6.07) is 6.28. The number of rotatable bonds is 4. The highest BCUT2D eigenvalue weighted by molar-refractivity contribution is 5.53. The SMILES string of the molecule is COc1ccc(/C=C/CN2CCNCC2)cc1C. The maximum Gasteiger partial charge on any atom is 0.121 e. The molecular formula is C15H22N2O. The molecule has 0 radical (unpaired) electrons. The monoisotopic (exact) mass is 246 g/mol. The maximum absolute atomic E-state index is 5.26. The minimum Gasteiger partial charge on any atom is -0.496 e. The zero-order chi connectivity index (χ0) is 12.8. The molecule has 3 heteroatoms. The summed E-state index contributed by atoms with van der Waals surface area (Å²) in [5.41, 5.74) is 2.42. The molecule has 2 rings (SSSR count). The first kappa shape index (κ1) is 13.1. The lowest BCUT2D eigenvalue weighted by Crippen LogP contribution is -2.43. The van der Waals surface area contributed by atoms with Crippen LogP contribution in [0.1, 0.15) is 11.1 Å². The lowest BCUT2D eigenvalue weighted by Gasteiger charge is -2.25. The molecule has 0 saturated carbocycles. The first-order chi connectivity index (χ1) is 8.79. The van der Waals surface area contributed by atoms with Crippen molar-refractivity contribution in [3.63, 3.8) is 0 Å².